The summed E-state index contributed by atoms with van der Waals surface area (Å²) in [5.74, 6) is 2.71. The Bertz CT molecular complexity index is 162. The van der Waals surface area contributed by atoms with Crippen LogP contribution >= 0.6 is 0 Å². The molecule has 3 atom stereocenters. The van der Waals surface area contributed by atoms with E-state index in [0.717, 1.165) is 11.8 Å². The predicted octanol–water partition coefficient (Wildman–Crippen LogP) is 2.40. The number of fused-ring (bicyclic) bond motifs is 1. The van der Waals surface area contributed by atoms with Crippen LogP contribution in [0, 0.1) is 17.8 Å². The van der Waals surface area contributed by atoms with Crippen molar-refractivity contribution in [1.82, 2.24) is 0 Å². The molecule has 11 heavy (non-hydrogen) atoms. The molecule has 62 valence electrons. The number of rotatable bonds is 1. The number of hydrogen-bond acceptors (Lipinski definition) is 1. The van der Waals surface area contributed by atoms with Gasteiger partial charge in [-0.05, 0) is 31.6 Å². The van der Waals surface area contributed by atoms with Crippen molar-refractivity contribution in [2.75, 3.05) is 0 Å². The molecule has 2 rings (SSSR count). The SMILES string of the molecule is CC(=O)C1C[C@H]2CCC[C@H]2C1. The molecule has 2 aliphatic carbocycles. The third-order valence-corrected chi connectivity index (χ3v) is 3.57. The van der Waals surface area contributed by atoms with E-state index in [4.69, 9.17) is 0 Å². The van der Waals surface area contributed by atoms with Crippen LogP contribution in [-0.2, 0) is 4.79 Å². The second-order valence-electron chi connectivity index (χ2n) is 4.23. The van der Waals surface area contributed by atoms with Crippen molar-refractivity contribution in [2.45, 2.75) is 39.0 Å². The Labute approximate surface area is 68.2 Å². The van der Waals surface area contributed by atoms with Crippen molar-refractivity contribution in [3.05, 3.63) is 0 Å². The second kappa shape index (κ2) is 2.62. The molecule has 0 heterocycles. The maximum atomic E-state index is 11.1. The lowest BCUT2D eigenvalue weighted by Gasteiger charge is -2.04. The van der Waals surface area contributed by atoms with Crippen molar-refractivity contribution in [1.29, 1.82) is 0 Å². The topological polar surface area (TPSA) is 17.1 Å². The highest BCUT2D eigenvalue weighted by Crippen LogP contribution is 2.46. The molecule has 0 aliphatic heterocycles. The fourth-order valence-electron chi connectivity index (χ4n) is 2.89. The first kappa shape index (κ1) is 7.33. The van der Waals surface area contributed by atoms with Crippen LogP contribution < -0.4 is 0 Å². The summed E-state index contributed by atoms with van der Waals surface area (Å²) < 4.78 is 0. The van der Waals surface area contributed by atoms with Gasteiger partial charge in [-0.1, -0.05) is 19.3 Å². The van der Waals surface area contributed by atoms with Gasteiger partial charge in [0, 0.05) is 5.92 Å². The molecular formula is C10H16O. The Morgan fingerprint density at radius 2 is 1.73 bits per heavy atom. The predicted molar refractivity (Wildman–Crippen MR) is 44.2 cm³/mol. The Balaban J connectivity index is 1.99. The van der Waals surface area contributed by atoms with Crippen molar-refractivity contribution in [2.24, 2.45) is 17.8 Å². The van der Waals surface area contributed by atoms with Gasteiger partial charge >= 0.3 is 0 Å². The quantitative estimate of drug-likeness (QED) is 0.564. The zero-order valence-corrected chi connectivity index (χ0v) is 7.18. The first-order valence-corrected chi connectivity index (χ1v) is 4.78. The molecule has 0 aromatic rings. The van der Waals surface area contributed by atoms with Crippen LogP contribution in [0.5, 0.6) is 0 Å². The van der Waals surface area contributed by atoms with Gasteiger partial charge in [-0.15, -0.1) is 0 Å². The van der Waals surface area contributed by atoms with Crippen molar-refractivity contribution < 1.29 is 4.79 Å². The van der Waals surface area contributed by atoms with E-state index in [1.807, 2.05) is 0 Å². The fourth-order valence-corrected chi connectivity index (χ4v) is 2.89. The molecule has 1 unspecified atom stereocenters. The van der Waals surface area contributed by atoms with E-state index in [2.05, 4.69) is 0 Å². The highest BCUT2D eigenvalue weighted by molar-refractivity contribution is 5.78. The Morgan fingerprint density at radius 1 is 1.18 bits per heavy atom. The van der Waals surface area contributed by atoms with Gasteiger partial charge < -0.3 is 0 Å². The van der Waals surface area contributed by atoms with Crippen molar-refractivity contribution in [3.63, 3.8) is 0 Å². The second-order valence-corrected chi connectivity index (χ2v) is 4.23. The summed E-state index contributed by atoms with van der Waals surface area (Å²) in [7, 11) is 0. The first-order valence-electron chi connectivity index (χ1n) is 4.78. The molecule has 0 N–H and O–H groups in total. The van der Waals surface area contributed by atoms with Gasteiger partial charge in [0.15, 0.2) is 0 Å². The smallest absolute Gasteiger partial charge is 0.132 e. The molecule has 0 amide bonds. The lowest BCUT2D eigenvalue weighted by Crippen LogP contribution is -2.06. The Morgan fingerprint density at radius 3 is 2.18 bits per heavy atom. The van der Waals surface area contributed by atoms with E-state index in [9.17, 15) is 4.79 Å². The summed E-state index contributed by atoms with van der Waals surface area (Å²) in [6, 6.07) is 0. The van der Waals surface area contributed by atoms with E-state index in [1.165, 1.54) is 32.1 Å². The van der Waals surface area contributed by atoms with Gasteiger partial charge in [0.2, 0.25) is 0 Å². The number of ketones is 1. The zero-order chi connectivity index (χ0) is 7.84. The van der Waals surface area contributed by atoms with Crippen molar-refractivity contribution >= 4 is 5.78 Å². The molecule has 1 nitrogen and oxygen atoms in total. The number of hydrogen-bond donors (Lipinski definition) is 0. The summed E-state index contributed by atoms with van der Waals surface area (Å²) in [6.07, 6.45) is 6.63. The molecule has 0 aromatic heterocycles. The minimum atomic E-state index is 0.430. The normalized spacial score (nSPS) is 42.5. The summed E-state index contributed by atoms with van der Waals surface area (Å²) in [4.78, 5) is 11.1. The molecule has 0 saturated heterocycles. The highest BCUT2D eigenvalue weighted by Gasteiger charge is 2.38. The number of carbonyl (C=O) groups excluding carboxylic acids is 1. The van der Waals surface area contributed by atoms with Gasteiger partial charge in [-0.3, -0.25) is 4.79 Å². The first-order chi connectivity index (χ1) is 5.27. The Hall–Kier alpha value is -0.330. The molecule has 0 spiro atoms. The van der Waals surface area contributed by atoms with Gasteiger partial charge in [0.1, 0.15) is 5.78 Å². The van der Waals surface area contributed by atoms with Gasteiger partial charge in [-0.2, -0.15) is 0 Å². The molecule has 2 fully saturated rings. The van der Waals surface area contributed by atoms with Crippen LogP contribution in [-0.4, -0.2) is 5.78 Å². The third-order valence-electron chi connectivity index (χ3n) is 3.57. The maximum Gasteiger partial charge on any atom is 0.132 e. The van der Waals surface area contributed by atoms with Crippen LogP contribution in [0.2, 0.25) is 0 Å². The summed E-state index contributed by atoms with van der Waals surface area (Å²) >= 11 is 0. The van der Waals surface area contributed by atoms with Gasteiger partial charge in [0.05, 0.1) is 0 Å². The van der Waals surface area contributed by atoms with E-state index < -0.39 is 0 Å². The maximum absolute atomic E-state index is 11.1. The minimum absolute atomic E-state index is 0.430. The summed E-state index contributed by atoms with van der Waals surface area (Å²) in [5, 5.41) is 0. The fraction of sp³-hybridized carbons (Fsp3) is 0.900. The van der Waals surface area contributed by atoms with Crippen LogP contribution in [0.15, 0.2) is 0 Å². The van der Waals surface area contributed by atoms with Gasteiger partial charge in [0.25, 0.3) is 0 Å². The molecule has 0 aromatic carbocycles. The standard InChI is InChI=1S/C10H16O/c1-7(11)10-5-8-3-2-4-9(8)6-10/h8-10H,2-6H2,1H3/t8-,9+,10?. The minimum Gasteiger partial charge on any atom is -0.300 e. The molecule has 0 radical (unpaired) electrons. The monoisotopic (exact) mass is 152 g/mol. The number of carbonyl (C=O) groups is 1. The van der Waals surface area contributed by atoms with Crippen LogP contribution in [0.3, 0.4) is 0 Å². The van der Waals surface area contributed by atoms with Crippen LogP contribution in [0.1, 0.15) is 39.0 Å². The molecule has 0 bridgehead atoms. The van der Waals surface area contributed by atoms with E-state index in [-0.39, 0.29) is 0 Å². The van der Waals surface area contributed by atoms with Crippen LogP contribution in [0.25, 0.3) is 0 Å². The molecule has 1 heteroatoms. The van der Waals surface area contributed by atoms with E-state index >= 15 is 0 Å². The Kier molecular flexibility index (Phi) is 1.74. The van der Waals surface area contributed by atoms with Crippen LogP contribution in [0.4, 0.5) is 0 Å². The molecule has 2 saturated carbocycles. The lowest BCUT2D eigenvalue weighted by atomic mass is 10.00. The average Bonchev–Trinajstić information content (AvgIpc) is 2.40. The molecular weight excluding hydrogens is 136 g/mol. The van der Waals surface area contributed by atoms with E-state index in [0.29, 0.717) is 11.7 Å². The highest BCUT2D eigenvalue weighted by atomic mass is 16.1. The summed E-state index contributed by atoms with van der Waals surface area (Å²) in [6.45, 7) is 1.76. The summed E-state index contributed by atoms with van der Waals surface area (Å²) in [5.41, 5.74) is 0. The largest absolute Gasteiger partial charge is 0.300 e. The average molecular weight is 152 g/mol. The van der Waals surface area contributed by atoms with Gasteiger partial charge in [-0.25, -0.2) is 0 Å². The van der Waals surface area contributed by atoms with Crippen molar-refractivity contribution in [3.8, 4) is 0 Å². The van der Waals surface area contributed by atoms with E-state index in [1.54, 1.807) is 6.92 Å². The third kappa shape index (κ3) is 1.21. The zero-order valence-electron chi connectivity index (χ0n) is 7.18. The molecule has 2 aliphatic rings. The number of Topliss-reactive ketones (excluding diaryl/α,β-unsaturated/α-hetero) is 1. The lowest BCUT2D eigenvalue weighted by molar-refractivity contribution is -0.120.